The molecule has 0 rings (SSSR count). The summed E-state index contributed by atoms with van der Waals surface area (Å²) in [5.41, 5.74) is 0. The average molecular weight is 260 g/mol. The van der Waals surface area contributed by atoms with Gasteiger partial charge in [0.2, 0.25) is 0 Å². The predicted octanol–water partition coefficient (Wildman–Crippen LogP) is 1.36. The van der Waals surface area contributed by atoms with Gasteiger partial charge in [0.25, 0.3) is 0 Å². The molecule has 2 amide bonds. The van der Waals surface area contributed by atoms with Gasteiger partial charge in [-0.2, -0.15) is 0 Å². The Hall–Kier alpha value is -1.30. The zero-order chi connectivity index (χ0) is 13.8. The molecule has 0 aromatic carbocycles. The van der Waals surface area contributed by atoms with Gasteiger partial charge in [0.05, 0.1) is 6.42 Å². The molecule has 0 radical (unpaired) electrons. The summed E-state index contributed by atoms with van der Waals surface area (Å²) >= 11 is 0. The molecule has 0 aliphatic rings. The number of ether oxygens (including phenoxy) is 1. The van der Waals surface area contributed by atoms with Crippen molar-refractivity contribution in [1.82, 2.24) is 10.6 Å². The van der Waals surface area contributed by atoms with Crippen molar-refractivity contribution in [3.05, 3.63) is 0 Å². The molecule has 3 N–H and O–H groups in total. The van der Waals surface area contributed by atoms with E-state index in [0.717, 1.165) is 12.8 Å². The summed E-state index contributed by atoms with van der Waals surface area (Å²) in [7, 11) is 0. The second kappa shape index (κ2) is 10.8. The highest BCUT2D eigenvalue weighted by atomic mass is 16.5. The van der Waals surface area contributed by atoms with Gasteiger partial charge in [-0.05, 0) is 19.8 Å². The van der Waals surface area contributed by atoms with Gasteiger partial charge in [0.1, 0.15) is 0 Å². The summed E-state index contributed by atoms with van der Waals surface area (Å²) in [6.07, 6.45) is 2.21. The van der Waals surface area contributed by atoms with Gasteiger partial charge >= 0.3 is 12.0 Å². The normalized spacial score (nSPS) is 11.9. The SMILES string of the molecule is CCCC(CC(=O)O)NC(=O)NCCCOCC. The number of hydrogen-bond acceptors (Lipinski definition) is 3. The van der Waals surface area contributed by atoms with Crippen LogP contribution in [0.3, 0.4) is 0 Å². The maximum Gasteiger partial charge on any atom is 0.315 e. The molecular weight excluding hydrogens is 236 g/mol. The van der Waals surface area contributed by atoms with Gasteiger partial charge in [-0.1, -0.05) is 13.3 Å². The maximum absolute atomic E-state index is 11.5. The number of carboxylic acids is 1. The van der Waals surface area contributed by atoms with Crippen LogP contribution in [0.1, 0.15) is 39.5 Å². The molecule has 0 saturated carbocycles. The van der Waals surface area contributed by atoms with Crippen molar-refractivity contribution >= 4 is 12.0 Å². The van der Waals surface area contributed by atoms with Crippen molar-refractivity contribution < 1.29 is 19.4 Å². The third-order valence-electron chi connectivity index (χ3n) is 2.35. The Morgan fingerprint density at radius 1 is 1.33 bits per heavy atom. The highest BCUT2D eigenvalue weighted by molar-refractivity contribution is 5.75. The molecule has 0 aromatic heterocycles. The molecule has 0 heterocycles. The molecule has 0 aliphatic heterocycles. The molecule has 106 valence electrons. The van der Waals surface area contributed by atoms with E-state index in [1.54, 1.807) is 0 Å². The van der Waals surface area contributed by atoms with Gasteiger partial charge in [0, 0.05) is 25.8 Å². The van der Waals surface area contributed by atoms with Gasteiger partial charge in [-0.25, -0.2) is 4.79 Å². The minimum absolute atomic E-state index is 0.0415. The molecule has 6 heteroatoms. The smallest absolute Gasteiger partial charge is 0.315 e. The number of carbonyl (C=O) groups excluding carboxylic acids is 1. The summed E-state index contributed by atoms with van der Waals surface area (Å²) < 4.78 is 5.14. The summed E-state index contributed by atoms with van der Waals surface area (Å²) in [5, 5.41) is 14.1. The third kappa shape index (κ3) is 9.89. The Kier molecular flexibility index (Phi) is 10.0. The molecule has 0 aromatic rings. The Morgan fingerprint density at radius 3 is 2.61 bits per heavy atom. The van der Waals surface area contributed by atoms with E-state index >= 15 is 0 Å². The first-order chi connectivity index (χ1) is 8.60. The molecule has 0 fully saturated rings. The second-order valence-electron chi connectivity index (χ2n) is 4.03. The van der Waals surface area contributed by atoms with Crippen molar-refractivity contribution in [1.29, 1.82) is 0 Å². The lowest BCUT2D eigenvalue weighted by atomic mass is 10.1. The molecule has 1 atom stereocenters. The van der Waals surface area contributed by atoms with Crippen molar-refractivity contribution in [3.8, 4) is 0 Å². The van der Waals surface area contributed by atoms with Crippen LogP contribution >= 0.6 is 0 Å². The maximum atomic E-state index is 11.5. The molecule has 0 aliphatic carbocycles. The van der Waals surface area contributed by atoms with E-state index in [2.05, 4.69) is 10.6 Å². The lowest BCUT2D eigenvalue weighted by Crippen LogP contribution is -2.43. The van der Waals surface area contributed by atoms with Crippen molar-refractivity contribution in [3.63, 3.8) is 0 Å². The number of hydrogen-bond donors (Lipinski definition) is 3. The van der Waals surface area contributed by atoms with Gasteiger partial charge in [-0.15, -0.1) is 0 Å². The number of carboxylic acid groups (broad SMARTS) is 1. The highest BCUT2D eigenvalue weighted by Gasteiger charge is 2.14. The number of urea groups is 1. The Morgan fingerprint density at radius 2 is 2.06 bits per heavy atom. The van der Waals surface area contributed by atoms with Gasteiger partial charge < -0.3 is 20.5 Å². The first-order valence-electron chi connectivity index (χ1n) is 6.44. The monoisotopic (exact) mass is 260 g/mol. The van der Waals surface area contributed by atoms with E-state index in [0.29, 0.717) is 26.2 Å². The number of amides is 2. The minimum atomic E-state index is -0.898. The van der Waals surface area contributed by atoms with Crippen LogP contribution in [-0.4, -0.2) is 42.9 Å². The summed E-state index contributed by atoms with van der Waals surface area (Å²) in [5.74, 6) is -0.898. The average Bonchev–Trinajstić information content (AvgIpc) is 2.28. The fraction of sp³-hybridized carbons (Fsp3) is 0.833. The van der Waals surface area contributed by atoms with Crippen molar-refractivity contribution in [2.24, 2.45) is 0 Å². The largest absolute Gasteiger partial charge is 0.481 e. The van der Waals surface area contributed by atoms with E-state index in [-0.39, 0.29) is 18.5 Å². The van der Waals surface area contributed by atoms with E-state index in [1.807, 2.05) is 13.8 Å². The Bertz CT molecular complexity index is 246. The quantitative estimate of drug-likeness (QED) is 0.517. The summed E-state index contributed by atoms with van der Waals surface area (Å²) in [4.78, 5) is 22.1. The lowest BCUT2D eigenvalue weighted by Gasteiger charge is -2.16. The van der Waals surface area contributed by atoms with Crippen LogP contribution in [0.5, 0.6) is 0 Å². The lowest BCUT2D eigenvalue weighted by molar-refractivity contribution is -0.137. The molecule has 18 heavy (non-hydrogen) atoms. The number of nitrogens with one attached hydrogen (secondary N) is 2. The zero-order valence-corrected chi connectivity index (χ0v) is 11.2. The summed E-state index contributed by atoms with van der Waals surface area (Å²) in [6, 6.07) is -0.620. The number of aliphatic carboxylic acids is 1. The second-order valence-corrected chi connectivity index (χ2v) is 4.03. The molecule has 6 nitrogen and oxygen atoms in total. The summed E-state index contributed by atoms with van der Waals surface area (Å²) in [6.45, 7) is 5.68. The molecule has 0 saturated heterocycles. The van der Waals surface area contributed by atoms with Crippen LogP contribution in [-0.2, 0) is 9.53 Å². The molecule has 1 unspecified atom stereocenters. The van der Waals surface area contributed by atoms with Crippen LogP contribution in [0.4, 0.5) is 4.79 Å². The van der Waals surface area contributed by atoms with Crippen LogP contribution in [0.2, 0.25) is 0 Å². The zero-order valence-electron chi connectivity index (χ0n) is 11.2. The third-order valence-corrected chi connectivity index (χ3v) is 2.35. The topological polar surface area (TPSA) is 87.7 Å². The highest BCUT2D eigenvalue weighted by Crippen LogP contribution is 2.01. The first kappa shape index (κ1) is 16.7. The van der Waals surface area contributed by atoms with Crippen LogP contribution in [0.25, 0.3) is 0 Å². The number of rotatable bonds is 10. The van der Waals surface area contributed by atoms with E-state index in [4.69, 9.17) is 9.84 Å². The van der Waals surface area contributed by atoms with E-state index in [1.165, 1.54) is 0 Å². The van der Waals surface area contributed by atoms with Crippen molar-refractivity contribution in [2.75, 3.05) is 19.8 Å². The van der Waals surface area contributed by atoms with Gasteiger partial charge in [0.15, 0.2) is 0 Å². The fourth-order valence-corrected chi connectivity index (χ4v) is 1.54. The van der Waals surface area contributed by atoms with Crippen LogP contribution in [0, 0.1) is 0 Å². The molecule has 0 bridgehead atoms. The van der Waals surface area contributed by atoms with Crippen LogP contribution < -0.4 is 10.6 Å². The van der Waals surface area contributed by atoms with Crippen LogP contribution in [0.15, 0.2) is 0 Å². The molecule has 0 spiro atoms. The van der Waals surface area contributed by atoms with E-state index < -0.39 is 5.97 Å². The minimum Gasteiger partial charge on any atom is -0.481 e. The molecular formula is C12H24N2O4. The fourth-order valence-electron chi connectivity index (χ4n) is 1.54. The first-order valence-corrected chi connectivity index (χ1v) is 6.44. The van der Waals surface area contributed by atoms with Crippen molar-refractivity contribution in [2.45, 2.75) is 45.6 Å². The van der Waals surface area contributed by atoms with E-state index in [9.17, 15) is 9.59 Å². The number of carbonyl (C=O) groups is 2. The standard InChI is InChI=1S/C12H24N2O4/c1-3-6-10(9-11(15)16)14-12(17)13-7-5-8-18-4-2/h10H,3-9H2,1-2H3,(H,15,16)(H2,13,14,17). The van der Waals surface area contributed by atoms with Gasteiger partial charge in [-0.3, -0.25) is 4.79 Å². The Labute approximate surface area is 108 Å². The Balaban J connectivity index is 3.76. The predicted molar refractivity (Wildman–Crippen MR) is 68.6 cm³/mol.